The van der Waals surface area contributed by atoms with Crippen LogP contribution in [0.1, 0.15) is 37.3 Å². The number of benzene rings is 2. The zero-order valence-corrected chi connectivity index (χ0v) is 15.3. The van der Waals surface area contributed by atoms with Crippen molar-refractivity contribution >= 4 is 0 Å². The Morgan fingerprint density at radius 2 is 1.60 bits per heavy atom. The average molecular weight is 338 g/mol. The average Bonchev–Trinajstić information content (AvgIpc) is 2.68. The maximum atomic E-state index is 5.68. The third kappa shape index (κ3) is 4.05. The Labute approximate surface area is 151 Å². The van der Waals surface area contributed by atoms with E-state index in [1.807, 2.05) is 6.92 Å². The van der Waals surface area contributed by atoms with Crippen LogP contribution in [0.5, 0.6) is 5.75 Å². The molecule has 0 bridgehead atoms. The van der Waals surface area contributed by atoms with Gasteiger partial charge in [0.1, 0.15) is 5.75 Å². The van der Waals surface area contributed by atoms with Gasteiger partial charge < -0.3 is 15.4 Å². The summed E-state index contributed by atoms with van der Waals surface area (Å²) in [6.45, 7) is 6.88. The minimum Gasteiger partial charge on any atom is -0.494 e. The van der Waals surface area contributed by atoms with Gasteiger partial charge in [-0.05, 0) is 75.6 Å². The quantitative estimate of drug-likeness (QED) is 0.834. The van der Waals surface area contributed by atoms with Crippen LogP contribution in [0, 0.1) is 0 Å². The molecule has 0 aromatic heterocycles. The molecule has 2 N–H and O–H groups in total. The standard InChI is InChI=1S/C22H30N2O/c1-2-25-21-11-9-20(10-12-21)22(19-7-4-3-5-8-19)13-17-24(18-14-22)16-6-15-23/h3-5,7-12H,2,6,13-18,23H2,1H3. The van der Waals surface area contributed by atoms with E-state index in [1.165, 1.54) is 11.1 Å². The first-order valence-corrected chi connectivity index (χ1v) is 9.50. The van der Waals surface area contributed by atoms with Crippen LogP contribution in [0.4, 0.5) is 0 Å². The lowest BCUT2D eigenvalue weighted by Gasteiger charge is -2.43. The fourth-order valence-corrected chi connectivity index (χ4v) is 4.01. The second-order valence-electron chi connectivity index (χ2n) is 6.89. The first kappa shape index (κ1) is 18.0. The van der Waals surface area contributed by atoms with Crippen LogP contribution in [0.15, 0.2) is 54.6 Å². The van der Waals surface area contributed by atoms with Crippen molar-refractivity contribution in [1.82, 2.24) is 4.90 Å². The van der Waals surface area contributed by atoms with Crippen molar-refractivity contribution in [2.75, 3.05) is 32.8 Å². The summed E-state index contributed by atoms with van der Waals surface area (Å²) < 4.78 is 5.63. The lowest BCUT2D eigenvalue weighted by molar-refractivity contribution is 0.178. The summed E-state index contributed by atoms with van der Waals surface area (Å²) in [6.07, 6.45) is 3.38. The Hall–Kier alpha value is -1.84. The molecule has 0 radical (unpaired) electrons. The molecule has 2 aromatic carbocycles. The van der Waals surface area contributed by atoms with Crippen LogP contribution < -0.4 is 10.5 Å². The highest BCUT2D eigenvalue weighted by Crippen LogP contribution is 2.42. The summed E-state index contributed by atoms with van der Waals surface area (Å²) in [4.78, 5) is 2.56. The molecule has 0 aliphatic carbocycles. The van der Waals surface area contributed by atoms with Gasteiger partial charge in [-0.3, -0.25) is 0 Å². The normalized spacial score (nSPS) is 17.4. The number of hydrogen-bond donors (Lipinski definition) is 1. The van der Waals surface area contributed by atoms with Crippen LogP contribution in [0.2, 0.25) is 0 Å². The maximum absolute atomic E-state index is 5.68. The van der Waals surface area contributed by atoms with Gasteiger partial charge in [0.05, 0.1) is 6.61 Å². The Balaban J connectivity index is 1.86. The first-order chi connectivity index (χ1) is 12.3. The lowest BCUT2D eigenvalue weighted by atomic mass is 9.68. The van der Waals surface area contributed by atoms with Crippen molar-refractivity contribution in [2.24, 2.45) is 5.73 Å². The number of piperidine rings is 1. The molecule has 0 unspecified atom stereocenters. The molecule has 2 aromatic rings. The van der Waals surface area contributed by atoms with Gasteiger partial charge in [0.25, 0.3) is 0 Å². The Bertz CT molecular complexity index is 631. The Morgan fingerprint density at radius 1 is 0.960 bits per heavy atom. The molecule has 134 valence electrons. The smallest absolute Gasteiger partial charge is 0.119 e. The third-order valence-electron chi connectivity index (χ3n) is 5.43. The molecular weight excluding hydrogens is 308 g/mol. The van der Waals surface area contributed by atoms with Crippen molar-refractivity contribution in [3.05, 3.63) is 65.7 Å². The van der Waals surface area contributed by atoms with Gasteiger partial charge in [-0.25, -0.2) is 0 Å². The van der Waals surface area contributed by atoms with Crippen LogP contribution in [-0.2, 0) is 5.41 Å². The number of ether oxygens (including phenoxy) is 1. The molecule has 1 heterocycles. The largest absolute Gasteiger partial charge is 0.494 e. The summed E-state index contributed by atoms with van der Waals surface area (Å²) in [5.74, 6) is 0.954. The van der Waals surface area contributed by atoms with Gasteiger partial charge in [0.2, 0.25) is 0 Å². The zero-order valence-electron chi connectivity index (χ0n) is 15.3. The molecule has 3 rings (SSSR count). The minimum atomic E-state index is 0.102. The van der Waals surface area contributed by atoms with E-state index < -0.39 is 0 Å². The molecule has 1 aliphatic heterocycles. The van der Waals surface area contributed by atoms with E-state index >= 15 is 0 Å². The maximum Gasteiger partial charge on any atom is 0.119 e. The minimum absolute atomic E-state index is 0.102. The molecule has 0 amide bonds. The van der Waals surface area contributed by atoms with Crippen molar-refractivity contribution < 1.29 is 4.74 Å². The molecular formula is C22H30N2O. The fourth-order valence-electron chi connectivity index (χ4n) is 4.01. The molecule has 1 saturated heterocycles. The predicted molar refractivity (Wildman–Crippen MR) is 104 cm³/mol. The molecule has 3 heteroatoms. The van der Waals surface area contributed by atoms with Crippen LogP contribution in [0.3, 0.4) is 0 Å². The summed E-state index contributed by atoms with van der Waals surface area (Å²) in [6, 6.07) is 19.7. The lowest BCUT2D eigenvalue weighted by Crippen LogP contribution is -2.43. The number of nitrogens with zero attached hydrogens (tertiary/aromatic N) is 1. The van der Waals surface area contributed by atoms with Crippen molar-refractivity contribution in [1.29, 1.82) is 0 Å². The second kappa shape index (κ2) is 8.50. The molecule has 3 nitrogen and oxygen atoms in total. The van der Waals surface area contributed by atoms with Crippen LogP contribution in [0.25, 0.3) is 0 Å². The molecule has 0 spiro atoms. The molecule has 1 fully saturated rings. The molecule has 1 aliphatic rings. The number of rotatable bonds is 7. The van der Waals surface area contributed by atoms with Gasteiger partial charge >= 0.3 is 0 Å². The van der Waals surface area contributed by atoms with E-state index in [0.717, 1.165) is 51.2 Å². The topological polar surface area (TPSA) is 38.5 Å². The Morgan fingerprint density at radius 3 is 2.20 bits per heavy atom. The Kier molecular flexibility index (Phi) is 6.11. The van der Waals surface area contributed by atoms with Gasteiger partial charge in [-0.15, -0.1) is 0 Å². The SMILES string of the molecule is CCOc1ccc(C2(c3ccccc3)CCN(CCCN)CC2)cc1. The highest BCUT2D eigenvalue weighted by molar-refractivity contribution is 5.42. The molecule has 0 saturated carbocycles. The predicted octanol–water partition coefficient (Wildman–Crippen LogP) is 3.82. The fraction of sp³-hybridized carbons (Fsp3) is 0.455. The van der Waals surface area contributed by atoms with Crippen LogP contribution in [-0.4, -0.2) is 37.7 Å². The van der Waals surface area contributed by atoms with Crippen molar-refractivity contribution in [2.45, 2.75) is 31.6 Å². The van der Waals surface area contributed by atoms with Crippen molar-refractivity contribution in [3.63, 3.8) is 0 Å². The van der Waals surface area contributed by atoms with Crippen LogP contribution >= 0.6 is 0 Å². The van der Waals surface area contributed by atoms with E-state index in [4.69, 9.17) is 10.5 Å². The molecule has 0 atom stereocenters. The van der Waals surface area contributed by atoms with E-state index in [0.29, 0.717) is 6.61 Å². The third-order valence-corrected chi connectivity index (χ3v) is 5.43. The zero-order chi connectivity index (χ0) is 17.5. The summed E-state index contributed by atoms with van der Waals surface area (Å²) >= 11 is 0. The summed E-state index contributed by atoms with van der Waals surface area (Å²) in [5.41, 5.74) is 8.62. The van der Waals surface area contributed by atoms with Gasteiger partial charge in [-0.1, -0.05) is 42.5 Å². The number of likely N-dealkylation sites (tertiary alicyclic amines) is 1. The second-order valence-corrected chi connectivity index (χ2v) is 6.89. The summed E-state index contributed by atoms with van der Waals surface area (Å²) in [7, 11) is 0. The number of nitrogens with two attached hydrogens (primary N) is 1. The monoisotopic (exact) mass is 338 g/mol. The van der Waals surface area contributed by atoms with Gasteiger partial charge in [-0.2, -0.15) is 0 Å². The van der Waals surface area contributed by atoms with E-state index in [2.05, 4.69) is 59.5 Å². The summed E-state index contributed by atoms with van der Waals surface area (Å²) in [5, 5.41) is 0. The first-order valence-electron chi connectivity index (χ1n) is 9.50. The van der Waals surface area contributed by atoms with E-state index in [-0.39, 0.29) is 5.41 Å². The van der Waals surface area contributed by atoms with Gasteiger partial charge in [0.15, 0.2) is 0 Å². The number of hydrogen-bond acceptors (Lipinski definition) is 3. The van der Waals surface area contributed by atoms with Crippen molar-refractivity contribution in [3.8, 4) is 5.75 Å². The highest BCUT2D eigenvalue weighted by Gasteiger charge is 2.37. The van der Waals surface area contributed by atoms with E-state index in [1.54, 1.807) is 0 Å². The van der Waals surface area contributed by atoms with Gasteiger partial charge in [0, 0.05) is 5.41 Å². The highest BCUT2D eigenvalue weighted by atomic mass is 16.5. The molecule has 25 heavy (non-hydrogen) atoms. The van der Waals surface area contributed by atoms with E-state index in [9.17, 15) is 0 Å².